The maximum atomic E-state index is 12.4. The molecule has 0 aromatic carbocycles. The average Bonchev–Trinajstić information content (AvgIpc) is 2.91. The fraction of sp³-hybridized carbons (Fsp3) is 0.600. The van der Waals surface area contributed by atoms with E-state index in [2.05, 4.69) is 10.3 Å². The summed E-state index contributed by atoms with van der Waals surface area (Å²) in [5.74, 6) is 0.610. The predicted octanol–water partition coefficient (Wildman–Crippen LogP) is 0.807. The highest BCUT2D eigenvalue weighted by atomic mass is 16.5. The summed E-state index contributed by atoms with van der Waals surface area (Å²) in [6.45, 7) is 2.45. The first-order valence-electron chi connectivity index (χ1n) is 7.25. The van der Waals surface area contributed by atoms with Gasteiger partial charge in [-0.1, -0.05) is 6.07 Å². The number of rotatable bonds is 3. The summed E-state index contributed by atoms with van der Waals surface area (Å²) in [4.78, 5) is 18.4. The Morgan fingerprint density at radius 2 is 2.45 bits per heavy atom. The van der Waals surface area contributed by atoms with Crippen LogP contribution in [0.3, 0.4) is 0 Å². The molecule has 0 aliphatic carbocycles. The summed E-state index contributed by atoms with van der Waals surface area (Å²) in [5, 5.41) is 3.32. The molecule has 5 heteroatoms. The first-order valence-corrected chi connectivity index (χ1v) is 7.25. The van der Waals surface area contributed by atoms with Crippen LogP contribution >= 0.6 is 0 Å². The van der Waals surface area contributed by atoms with E-state index in [4.69, 9.17) is 4.74 Å². The molecule has 2 aliphatic heterocycles. The van der Waals surface area contributed by atoms with Crippen molar-refractivity contribution in [3.8, 4) is 0 Å². The summed E-state index contributed by atoms with van der Waals surface area (Å²) in [6.07, 6.45) is 3.65. The fourth-order valence-corrected chi connectivity index (χ4v) is 3.07. The van der Waals surface area contributed by atoms with Crippen LogP contribution < -0.4 is 5.32 Å². The lowest BCUT2D eigenvalue weighted by Crippen LogP contribution is -2.39. The molecule has 1 N–H and O–H groups in total. The van der Waals surface area contributed by atoms with Gasteiger partial charge in [-0.2, -0.15) is 0 Å². The van der Waals surface area contributed by atoms with Crippen molar-refractivity contribution in [2.75, 3.05) is 20.1 Å². The summed E-state index contributed by atoms with van der Waals surface area (Å²) in [7, 11) is 1.82. The average molecular weight is 275 g/mol. The Morgan fingerprint density at radius 3 is 3.20 bits per heavy atom. The second-order valence-corrected chi connectivity index (χ2v) is 5.67. The third-order valence-corrected chi connectivity index (χ3v) is 4.20. The minimum Gasteiger partial charge on any atom is -0.364 e. The highest BCUT2D eigenvalue weighted by Crippen LogP contribution is 2.31. The third-order valence-electron chi connectivity index (χ3n) is 4.20. The van der Waals surface area contributed by atoms with E-state index in [1.54, 1.807) is 11.1 Å². The minimum absolute atomic E-state index is 0.0741. The highest BCUT2D eigenvalue weighted by molar-refractivity contribution is 5.81. The lowest BCUT2D eigenvalue weighted by molar-refractivity contribution is -0.142. The third kappa shape index (κ3) is 2.83. The van der Waals surface area contributed by atoms with E-state index in [1.165, 1.54) is 0 Å². The van der Waals surface area contributed by atoms with Gasteiger partial charge in [0.15, 0.2) is 0 Å². The van der Waals surface area contributed by atoms with Gasteiger partial charge in [-0.3, -0.25) is 9.78 Å². The molecule has 0 spiro atoms. The normalized spacial score (nSPS) is 28.9. The van der Waals surface area contributed by atoms with E-state index >= 15 is 0 Å². The van der Waals surface area contributed by atoms with Gasteiger partial charge < -0.3 is 15.0 Å². The van der Waals surface area contributed by atoms with E-state index in [-0.39, 0.29) is 18.1 Å². The molecular weight excluding hydrogens is 254 g/mol. The number of nitrogens with one attached hydrogen (secondary N) is 1. The second kappa shape index (κ2) is 5.89. The monoisotopic (exact) mass is 275 g/mol. The van der Waals surface area contributed by atoms with Crippen LogP contribution in [0.5, 0.6) is 0 Å². The Kier molecular flexibility index (Phi) is 3.98. The van der Waals surface area contributed by atoms with E-state index in [0.29, 0.717) is 12.5 Å². The summed E-state index contributed by atoms with van der Waals surface area (Å²) < 4.78 is 5.91. The number of nitrogens with zero attached hydrogens (tertiary/aromatic N) is 2. The number of ether oxygens (including phenoxy) is 1. The van der Waals surface area contributed by atoms with Crippen molar-refractivity contribution in [2.24, 2.45) is 5.92 Å². The predicted molar refractivity (Wildman–Crippen MR) is 75.0 cm³/mol. The summed E-state index contributed by atoms with van der Waals surface area (Å²) in [5.41, 5.74) is 0.903. The molecule has 20 heavy (non-hydrogen) atoms. The molecule has 108 valence electrons. The van der Waals surface area contributed by atoms with Crippen molar-refractivity contribution in [3.63, 3.8) is 0 Å². The van der Waals surface area contributed by atoms with Crippen LogP contribution in [0.1, 0.15) is 18.5 Å². The van der Waals surface area contributed by atoms with Crippen LogP contribution in [-0.4, -0.2) is 48.1 Å². The van der Waals surface area contributed by atoms with Gasteiger partial charge in [-0.25, -0.2) is 0 Å². The van der Waals surface area contributed by atoms with Gasteiger partial charge in [0, 0.05) is 19.8 Å². The molecule has 2 saturated heterocycles. The number of pyridine rings is 1. The number of hydrogen-bond acceptors (Lipinski definition) is 4. The van der Waals surface area contributed by atoms with Crippen molar-refractivity contribution in [1.82, 2.24) is 15.2 Å². The van der Waals surface area contributed by atoms with E-state index in [0.717, 1.165) is 31.6 Å². The van der Waals surface area contributed by atoms with Gasteiger partial charge in [0.2, 0.25) is 0 Å². The molecule has 1 aromatic rings. The van der Waals surface area contributed by atoms with Crippen LogP contribution in [0.4, 0.5) is 0 Å². The Labute approximate surface area is 119 Å². The van der Waals surface area contributed by atoms with Gasteiger partial charge >= 0.3 is 0 Å². The van der Waals surface area contributed by atoms with Crippen molar-refractivity contribution in [2.45, 2.75) is 31.6 Å². The molecule has 2 aliphatic rings. The van der Waals surface area contributed by atoms with E-state index < -0.39 is 0 Å². The number of piperidine rings is 1. The first kappa shape index (κ1) is 13.5. The molecule has 1 aromatic heterocycles. The van der Waals surface area contributed by atoms with Gasteiger partial charge in [0.05, 0.1) is 18.3 Å². The lowest BCUT2D eigenvalue weighted by Gasteiger charge is -2.24. The number of likely N-dealkylation sites (N-methyl/N-ethyl adjacent to an activating group) is 1. The quantitative estimate of drug-likeness (QED) is 0.887. The lowest BCUT2D eigenvalue weighted by atomic mass is 9.93. The van der Waals surface area contributed by atoms with Crippen LogP contribution in [-0.2, 0) is 16.1 Å². The summed E-state index contributed by atoms with van der Waals surface area (Å²) >= 11 is 0. The Morgan fingerprint density at radius 1 is 1.55 bits per heavy atom. The molecule has 0 bridgehead atoms. The topological polar surface area (TPSA) is 54.5 Å². The molecule has 1 amide bonds. The standard InChI is InChI=1S/C15H21N3O2/c1-18(10-12-4-2-3-6-17-12)15(19)13-8-11-5-7-16-9-14(11)20-13/h2-4,6,11,13-14,16H,5,7-10H2,1H3/t11-,13+,14+/m1/s1. The number of amides is 1. The molecule has 5 nitrogen and oxygen atoms in total. The van der Waals surface area contributed by atoms with Crippen molar-refractivity contribution >= 4 is 5.91 Å². The van der Waals surface area contributed by atoms with Gasteiger partial charge in [-0.05, 0) is 37.4 Å². The smallest absolute Gasteiger partial charge is 0.251 e. The second-order valence-electron chi connectivity index (χ2n) is 5.67. The molecule has 0 saturated carbocycles. The molecular formula is C15H21N3O2. The number of carbonyl (C=O) groups is 1. The van der Waals surface area contributed by atoms with E-state index in [9.17, 15) is 4.79 Å². The van der Waals surface area contributed by atoms with E-state index in [1.807, 2.05) is 25.2 Å². The fourth-order valence-electron chi connectivity index (χ4n) is 3.07. The molecule has 3 atom stereocenters. The zero-order chi connectivity index (χ0) is 13.9. The summed E-state index contributed by atoms with van der Waals surface area (Å²) in [6, 6.07) is 5.75. The first-order chi connectivity index (χ1) is 9.74. The van der Waals surface area contributed by atoms with Crippen LogP contribution in [0.25, 0.3) is 0 Å². The number of aromatic nitrogens is 1. The highest BCUT2D eigenvalue weighted by Gasteiger charge is 2.40. The van der Waals surface area contributed by atoms with Crippen LogP contribution in [0.15, 0.2) is 24.4 Å². The number of fused-ring (bicyclic) bond motifs is 1. The Bertz CT molecular complexity index is 451. The van der Waals surface area contributed by atoms with Gasteiger partial charge in [0.25, 0.3) is 5.91 Å². The maximum absolute atomic E-state index is 12.4. The van der Waals surface area contributed by atoms with Crippen molar-refractivity contribution < 1.29 is 9.53 Å². The van der Waals surface area contributed by atoms with Crippen LogP contribution in [0.2, 0.25) is 0 Å². The van der Waals surface area contributed by atoms with Gasteiger partial charge in [0.1, 0.15) is 6.10 Å². The molecule has 3 heterocycles. The largest absolute Gasteiger partial charge is 0.364 e. The molecule has 0 radical (unpaired) electrons. The Hall–Kier alpha value is -1.46. The van der Waals surface area contributed by atoms with Crippen LogP contribution in [0, 0.1) is 5.92 Å². The maximum Gasteiger partial charge on any atom is 0.251 e. The zero-order valence-electron chi connectivity index (χ0n) is 11.8. The number of hydrogen-bond donors (Lipinski definition) is 1. The minimum atomic E-state index is -0.279. The Balaban J connectivity index is 1.58. The van der Waals surface area contributed by atoms with Gasteiger partial charge in [-0.15, -0.1) is 0 Å². The molecule has 3 rings (SSSR count). The van der Waals surface area contributed by atoms with Crippen molar-refractivity contribution in [1.29, 1.82) is 0 Å². The molecule has 2 fully saturated rings. The SMILES string of the molecule is CN(Cc1ccccn1)C(=O)[C@@H]1C[C@H]2CCNC[C@@H]2O1. The zero-order valence-corrected chi connectivity index (χ0v) is 11.8. The molecule has 0 unspecified atom stereocenters. The van der Waals surface area contributed by atoms with Crippen molar-refractivity contribution in [3.05, 3.63) is 30.1 Å². The number of carbonyl (C=O) groups excluding carboxylic acids is 1.